The summed E-state index contributed by atoms with van der Waals surface area (Å²) < 4.78 is 0. The predicted molar refractivity (Wildman–Crippen MR) is 65.4 cm³/mol. The van der Waals surface area contributed by atoms with Gasteiger partial charge >= 0.3 is 0 Å². The number of hydrogen-bond donors (Lipinski definition) is 2. The Morgan fingerprint density at radius 1 is 1.27 bits per heavy atom. The number of aromatic amines is 1. The summed E-state index contributed by atoms with van der Waals surface area (Å²) in [6.45, 7) is 4.28. The molecule has 80 valence electrons. The molecule has 15 heavy (non-hydrogen) atoms. The number of hydrogen-bond acceptors (Lipinski definition) is 1. The highest BCUT2D eigenvalue weighted by molar-refractivity contribution is 6.31. The van der Waals surface area contributed by atoms with Crippen LogP contribution in [0.2, 0.25) is 5.02 Å². The number of nitrogens with one attached hydrogen (secondary N) is 2. The highest BCUT2D eigenvalue weighted by Gasteiger charge is 2.19. The van der Waals surface area contributed by atoms with Gasteiger partial charge in [0.1, 0.15) is 0 Å². The standard InChI is InChI=1S/C12H15ClN2/c1-12(2,14-3)11-7-8-6-9(13)4-5-10(8)15-11/h4-7,14-15H,1-3H3. The largest absolute Gasteiger partial charge is 0.357 e. The van der Waals surface area contributed by atoms with Gasteiger partial charge in [0.15, 0.2) is 0 Å². The van der Waals surface area contributed by atoms with E-state index in [4.69, 9.17) is 11.6 Å². The van der Waals surface area contributed by atoms with E-state index >= 15 is 0 Å². The molecule has 1 heterocycles. The van der Waals surface area contributed by atoms with Gasteiger partial charge in [-0.15, -0.1) is 0 Å². The van der Waals surface area contributed by atoms with Crippen molar-refractivity contribution in [1.82, 2.24) is 10.3 Å². The molecule has 0 amide bonds. The molecule has 1 aromatic heterocycles. The molecule has 0 aliphatic carbocycles. The minimum atomic E-state index is -0.0501. The van der Waals surface area contributed by atoms with Crippen LogP contribution in [0.4, 0.5) is 0 Å². The monoisotopic (exact) mass is 222 g/mol. The van der Waals surface area contributed by atoms with Crippen LogP contribution in [0.1, 0.15) is 19.5 Å². The van der Waals surface area contributed by atoms with Crippen molar-refractivity contribution in [3.8, 4) is 0 Å². The van der Waals surface area contributed by atoms with E-state index < -0.39 is 0 Å². The highest BCUT2D eigenvalue weighted by Crippen LogP contribution is 2.25. The van der Waals surface area contributed by atoms with E-state index in [0.29, 0.717) is 0 Å². The lowest BCUT2D eigenvalue weighted by Crippen LogP contribution is -2.33. The normalized spacial score (nSPS) is 12.3. The van der Waals surface area contributed by atoms with E-state index in [-0.39, 0.29) is 5.54 Å². The van der Waals surface area contributed by atoms with Gasteiger partial charge in [0, 0.05) is 21.6 Å². The maximum atomic E-state index is 5.95. The molecule has 2 nitrogen and oxygen atoms in total. The molecule has 0 radical (unpaired) electrons. The predicted octanol–water partition coefficient (Wildman–Crippen LogP) is 3.28. The van der Waals surface area contributed by atoms with Crippen molar-refractivity contribution >= 4 is 22.5 Å². The molecule has 2 rings (SSSR count). The molecule has 2 aromatic rings. The van der Waals surface area contributed by atoms with Crippen LogP contribution in [0.3, 0.4) is 0 Å². The Hall–Kier alpha value is -0.990. The van der Waals surface area contributed by atoms with Gasteiger partial charge < -0.3 is 10.3 Å². The first kappa shape index (κ1) is 10.5. The number of rotatable bonds is 2. The maximum Gasteiger partial charge on any atom is 0.0527 e. The van der Waals surface area contributed by atoms with Crippen molar-refractivity contribution in [2.24, 2.45) is 0 Å². The molecule has 0 aliphatic heterocycles. The summed E-state index contributed by atoms with van der Waals surface area (Å²) in [6.07, 6.45) is 0. The molecule has 3 heteroatoms. The quantitative estimate of drug-likeness (QED) is 0.802. The Balaban J connectivity index is 2.56. The number of halogens is 1. The molecule has 0 fully saturated rings. The molecule has 0 saturated heterocycles. The van der Waals surface area contributed by atoms with E-state index in [9.17, 15) is 0 Å². The number of aromatic nitrogens is 1. The van der Waals surface area contributed by atoms with Crippen molar-refractivity contribution in [2.75, 3.05) is 7.05 Å². The van der Waals surface area contributed by atoms with Crippen molar-refractivity contribution in [3.63, 3.8) is 0 Å². The second kappa shape index (κ2) is 3.54. The van der Waals surface area contributed by atoms with Gasteiger partial charge in [0.05, 0.1) is 5.54 Å². The average Bonchev–Trinajstić information content (AvgIpc) is 2.61. The summed E-state index contributed by atoms with van der Waals surface area (Å²) in [5, 5.41) is 5.20. The molecule has 1 aromatic carbocycles. The van der Waals surface area contributed by atoms with E-state index in [1.54, 1.807) is 0 Å². The SMILES string of the molecule is CNC(C)(C)c1cc2cc(Cl)ccc2[nH]1. The zero-order valence-corrected chi connectivity index (χ0v) is 9.94. The van der Waals surface area contributed by atoms with Crippen LogP contribution in [0.25, 0.3) is 10.9 Å². The third kappa shape index (κ3) is 1.87. The van der Waals surface area contributed by atoms with Crippen LogP contribution in [-0.4, -0.2) is 12.0 Å². The third-order valence-electron chi connectivity index (χ3n) is 2.88. The zero-order valence-electron chi connectivity index (χ0n) is 9.19. The number of H-pyrrole nitrogens is 1. The molecule has 0 spiro atoms. The molecular formula is C12H15ClN2. The molecule has 0 atom stereocenters. The Kier molecular flexibility index (Phi) is 2.49. The van der Waals surface area contributed by atoms with Crippen LogP contribution in [0.15, 0.2) is 24.3 Å². The van der Waals surface area contributed by atoms with Crippen molar-refractivity contribution in [2.45, 2.75) is 19.4 Å². The number of benzene rings is 1. The first-order chi connectivity index (χ1) is 7.03. The van der Waals surface area contributed by atoms with Gasteiger partial charge in [-0.25, -0.2) is 0 Å². The molecule has 0 unspecified atom stereocenters. The molecule has 0 saturated carbocycles. The number of fused-ring (bicyclic) bond motifs is 1. The molecule has 0 bridgehead atoms. The summed E-state index contributed by atoms with van der Waals surface area (Å²) in [5.41, 5.74) is 2.24. The second-order valence-electron chi connectivity index (χ2n) is 4.29. The van der Waals surface area contributed by atoms with E-state index in [0.717, 1.165) is 15.9 Å². The van der Waals surface area contributed by atoms with Crippen molar-refractivity contribution in [1.29, 1.82) is 0 Å². The smallest absolute Gasteiger partial charge is 0.0527 e. The first-order valence-corrected chi connectivity index (χ1v) is 5.38. The summed E-state index contributed by atoms with van der Waals surface area (Å²) in [6, 6.07) is 8.02. The second-order valence-corrected chi connectivity index (χ2v) is 4.73. The summed E-state index contributed by atoms with van der Waals surface area (Å²) in [4.78, 5) is 3.39. The molecule has 0 aliphatic rings. The Bertz CT molecular complexity index is 485. The third-order valence-corrected chi connectivity index (χ3v) is 3.12. The summed E-state index contributed by atoms with van der Waals surface area (Å²) >= 11 is 5.95. The fourth-order valence-electron chi connectivity index (χ4n) is 1.57. The van der Waals surface area contributed by atoms with E-state index in [1.807, 2.05) is 25.2 Å². The van der Waals surface area contributed by atoms with Crippen LogP contribution < -0.4 is 5.32 Å². The van der Waals surface area contributed by atoms with Gasteiger partial charge in [-0.05, 0) is 45.2 Å². The van der Waals surface area contributed by atoms with Crippen LogP contribution in [0.5, 0.6) is 0 Å². The van der Waals surface area contributed by atoms with Crippen LogP contribution in [-0.2, 0) is 5.54 Å². The van der Waals surface area contributed by atoms with Crippen molar-refractivity contribution in [3.05, 3.63) is 35.0 Å². The summed E-state index contributed by atoms with van der Waals surface area (Å²) in [5.74, 6) is 0. The van der Waals surface area contributed by atoms with Gasteiger partial charge in [0.2, 0.25) is 0 Å². The van der Waals surface area contributed by atoms with Gasteiger partial charge in [-0.3, -0.25) is 0 Å². The zero-order chi connectivity index (χ0) is 11.1. The highest BCUT2D eigenvalue weighted by atomic mass is 35.5. The lowest BCUT2D eigenvalue weighted by Gasteiger charge is -2.22. The molecule has 2 N–H and O–H groups in total. The Morgan fingerprint density at radius 2 is 2.00 bits per heavy atom. The van der Waals surface area contributed by atoms with Crippen LogP contribution in [0, 0.1) is 0 Å². The Labute approximate surface area is 94.6 Å². The fraction of sp³-hybridized carbons (Fsp3) is 0.333. The van der Waals surface area contributed by atoms with Gasteiger partial charge in [-0.1, -0.05) is 11.6 Å². The van der Waals surface area contributed by atoms with E-state index in [1.165, 1.54) is 5.69 Å². The minimum absolute atomic E-state index is 0.0501. The average molecular weight is 223 g/mol. The summed E-state index contributed by atoms with van der Waals surface area (Å²) in [7, 11) is 1.96. The Morgan fingerprint density at radius 3 is 2.67 bits per heavy atom. The van der Waals surface area contributed by atoms with E-state index in [2.05, 4.69) is 30.2 Å². The lowest BCUT2D eigenvalue weighted by molar-refractivity contribution is 0.434. The topological polar surface area (TPSA) is 27.8 Å². The van der Waals surface area contributed by atoms with Crippen LogP contribution >= 0.6 is 11.6 Å². The fourth-order valence-corrected chi connectivity index (χ4v) is 1.76. The maximum absolute atomic E-state index is 5.95. The molecular weight excluding hydrogens is 208 g/mol. The van der Waals surface area contributed by atoms with Gasteiger partial charge in [0.25, 0.3) is 0 Å². The van der Waals surface area contributed by atoms with Gasteiger partial charge in [-0.2, -0.15) is 0 Å². The lowest BCUT2D eigenvalue weighted by atomic mass is 10.0. The van der Waals surface area contributed by atoms with Crippen molar-refractivity contribution < 1.29 is 0 Å². The minimum Gasteiger partial charge on any atom is -0.357 e. The first-order valence-electron chi connectivity index (χ1n) is 5.00.